The molecule has 0 bridgehead atoms. The number of rotatable bonds is 6. The van der Waals surface area contributed by atoms with Crippen LogP contribution < -0.4 is 5.32 Å². The monoisotopic (exact) mass is 302 g/mol. The second-order valence-corrected chi connectivity index (χ2v) is 5.77. The second-order valence-electron chi connectivity index (χ2n) is 4.84. The average Bonchev–Trinajstić information content (AvgIpc) is 3.21. The highest BCUT2D eigenvalue weighted by Crippen LogP contribution is 2.27. The lowest BCUT2D eigenvalue weighted by Crippen LogP contribution is -2.28. The largest absolute Gasteiger partial charge is 0.467 e. The average molecular weight is 302 g/mol. The van der Waals surface area contributed by atoms with Crippen LogP contribution in [0.1, 0.15) is 42.0 Å². The molecule has 0 aromatic carbocycles. The van der Waals surface area contributed by atoms with E-state index in [9.17, 15) is 0 Å². The minimum Gasteiger partial charge on any atom is -0.467 e. The molecule has 0 radical (unpaired) electrons. The van der Waals surface area contributed by atoms with Crippen LogP contribution in [0, 0.1) is 0 Å². The Bertz CT molecular complexity index is 660. The third kappa shape index (κ3) is 2.91. The van der Waals surface area contributed by atoms with Crippen LogP contribution in [0.2, 0.25) is 0 Å². The maximum Gasteiger partial charge on any atom is 0.133 e. The first-order valence-electron chi connectivity index (χ1n) is 6.95. The number of aryl methyl sites for hydroxylation is 1. The summed E-state index contributed by atoms with van der Waals surface area (Å²) in [4.78, 5) is 8.89. The van der Waals surface area contributed by atoms with Gasteiger partial charge in [0.2, 0.25) is 0 Å². The van der Waals surface area contributed by atoms with E-state index in [1.807, 2.05) is 41.5 Å². The summed E-state index contributed by atoms with van der Waals surface area (Å²) in [5, 5.41) is 6.71. The summed E-state index contributed by atoms with van der Waals surface area (Å²) >= 11 is 1.66. The normalized spacial score (nSPS) is 14.2. The van der Waals surface area contributed by atoms with Gasteiger partial charge in [-0.25, -0.2) is 9.97 Å². The molecule has 0 saturated heterocycles. The van der Waals surface area contributed by atoms with E-state index in [1.54, 1.807) is 23.8 Å². The fraction of sp³-hybridized carbons (Fsp3) is 0.333. The van der Waals surface area contributed by atoms with Gasteiger partial charge in [0.1, 0.15) is 22.6 Å². The van der Waals surface area contributed by atoms with E-state index < -0.39 is 0 Å². The predicted octanol–water partition coefficient (Wildman–Crippen LogP) is 3.30. The van der Waals surface area contributed by atoms with E-state index in [2.05, 4.69) is 22.2 Å². The van der Waals surface area contributed by atoms with E-state index in [0.717, 1.165) is 23.0 Å². The van der Waals surface area contributed by atoms with Crippen LogP contribution in [-0.2, 0) is 7.05 Å². The van der Waals surface area contributed by atoms with Gasteiger partial charge in [-0.05, 0) is 18.6 Å². The van der Waals surface area contributed by atoms with Crippen LogP contribution in [0.5, 0.6) is 0 Å². The highest BCUT2D eigenvalue weighted by atomic mass is 32.1. The summed E-state index contributed by atoms with van der Waals surface area (Å²) < 4.78 is 7.61. The molecule has 0 saturated carbocycles. The molecule has 0 aliphatic rings. The fourth-order valence-electron chi connectivity index (χ4n) is 2.37. The number of nitrogens with one attached hydrogen (secondary N) is 1. The van der Waals surface area contributed by atoms with Gasteiger partial charge in [-0.3, -0.25) is 5.32 Å². The van der Waals surface area contributed by atoms with E-state index >= 15 is 0 Å². The lowest BCUT2D eigenvalue weighted by Gasteiger charge is -2.22. The molecule has 21 heavy (non-hydrogen) atoms. The van der Waals surface area contributed by atoms with Crippen molar-refractivity contribution in [2.24, 2.45) is 7.05 Å². The van der Waals surface area contributed by atoms with Gasteiger partial charge in [-0.2, -0.15) is 0 Å². The minimum absolute atomic E-state index is 0.0890. The Kier molecular flexibility index (Phi) is 4.17. The molecule has 3 aromatic heterocycles. The number of nitrogens with zero attached hydrogens (tertiary/aromatic N) is 3. The van der Waals surface area contributed by atoms with Crippen LogP contribution in [-0.4, -0.2) is 14.5 Å². The third-order valence-electron chi connectivity index (χ3n) is 3.47. The van der Waals surface area contributed by atoms with Crippen LogP contribution in [0.4, 0.5) is 0 Å². The van der Waals surface area contributed by atoms with Crippen molar-refractivity contribution in [1.29, 1.82) is 0 Å². The van der Waals surface area contributed by atoms with Gasteiger partial charge in [0.25, 0.3) is 0 Å². The van der Waals surface area contributed by atoms with Crippen LogP contribution in [0.15, 0.2) is 46.8 Å². The summed E-state index contributed by atoms with van der Waals surface area (Å²) in [5.41, 5.74) is 0. The van der Waals surface area contributed by atoms with Gasteiger partial charge >= 0.3 is 0 Å². The van der Waals surface area contributed by atoms with Gasteiger partial charge < -0.3 is 8.98 Å². The van der Waals surface area contributed by atoms with E-state index in [1.165, 1.54) is 0 Å². The summed E-state index contributed by atoms with van der Waals surface area (Å²) in [5.74, 6) is 1.79. The summed E-state index contributed by atoms with van der Waals surface area (Å²) in [7, 11) is 1.99. The molecule has 2 unspecified atom stereocenters. The van der Waals surface area contributed by atoms with Crippen molar-refractivity contribution in [3.05, 3.63) is 59.0 Å². The summed E-state index contributed by atoms with van der Waals surface area (Å²) in [6.45, 7) is 2.15. The molecule has 3 aromatic rings. The Labute approximate surface area is 127 Å². The van der Waals surface area contributed by atoms with Crippen LogP contribution in [0.25, 0.3) is 0 Å². The highest BCUT2D eigenvalue weighted by molar-refractivity contribution is 7.09. The van der Waals surface area contributed by atoms with Gasteiger partial charge in [0.05, 0.1) is 12.3 Å². The van der Waals surface area contributed by atoms with E-state index in [4.69, 9.17) is 4.42 Å². The van der Waals surface area contributed by atoms with E-state index in [-0.39, 0.29) is 12.1 Å². The highest BCUT2D eigenvalue weighted by Gasteiger charge is 2.25. The zero-order chi connectivity index (χ0) is 14.7. The van der Waals surface area contributed by atoms with Crippen molar-refractivity contribution in [2.75, 3.05) is 0 Å². The van der Waals surface area contributed by atoms with Crippen molar-refractivity contribution in [3.63, 3.8) is 0 Å². The molecular weight excluding hydrogens is 284 g/mol. The zero-order valence-corrected chi connectivity index (χ0v) is 12.9. The molecule has 0 fully saturated rings. The van der Waals surface area contributed by atoms with Crippen molar-refractivity contribution < 1.29 is 4.42 Å². The minimum atomic E-state index is -0.0890. The summed E-state index contributed by atoms with van der Waals surface area (Å²) in [6.07, 6.45) is 8.23. The maximum absolute atomic E-state index is 5.60. The molecule has 0 spiro atoms. The quantitative estimate of drug-likeness (QED) is 0.759. The first-order chi connectivity index (χ1) is 10.3. The van der Waals surface area contributed by atoms with Crippen molar-refractivity contribution >= 4 is 11.3 Å². The molecule has 5 nitrogen and oxygen atoms in total. The molecule has 6 heteroatoms. The summed E-state index contributed by atoms with van der Waals surface area (Å²) in [6, 6.07) is 3.96. The Morgan fingerprint density at radius 3 is 2.86 bits per heavy atom. The number of furan rings is 1. The molecule has 3 heterocycles. The zero-order valence-electron chi connectivity index (χ0n) is 12.1. The topological polar surface area (TPSA) is 55.9 Å². The molecule has 110 valence electrons. The SMILES string of the molecule is CCC(NC(c1ccco1)c1nccn1C)c1nccs1. The lowest BCUT2D eigenvalue weighted by molar-refractivity contribution is 0.387. The smallest absolute Gasteiger partial charge is 0.133 e. The van der Waals surface area contributed by atoms with Crippen molar-refractivity contribution in [3.8, 4) is 0 Å². The molecule has 0 aliphatic carbocycles. The maximum atomic E-state index is 5.60. The molecule has 0 amide bonds. The third-order valence-corrected chi connectivity index (χ3v) is 4.36. The standard InChI is InChI=1S/C15H18N4OS/c1-3-11(15-17-7-10-21-15)18-13(12-5-4-9-20-12)14-16-6-8-19(14)2/h4-11,13,18H,3H2,1-2H3. The Hall–Kier alpha value is -1.92. The van der Waals surface area contributed by atoms with Crippen molar-refractivity contribution in [2.45, 2.75) is 25.4 Å². The van der Waals surface area contributed by atoms with Crippen LogP contribution in [0.3, 0.4) is 0 Å². The number of aromatic nitrogens is 3. The van der Waals surface area contributed by atoms with Gasteiger partial charge in [-0.1, -0.05) is 6.92 Å². The number of hydrogen-bond donors (Lipinski definition) is 1. The Morgan fingerprint density at radius 2 is 2.29 bits per heavy atom. The molecule has 1 N–H and O–H groups in total. The molecular formula is C15H18N4OS. The second kappa shape index (κ2) is 6.24. The fourth-order valence-corrected chi connectivity index (χ4v) is 3.15. The number of imidazole rings is 1. The van der Waals surface area contributed by atoms with Crippen molar-refractivity contribution in [1.82, 2.24) is 19.9 Å². The molecule has 3 rings (SSSR count). The van der Waals surface area contributed by atoms with Gasteiger partial charge in [-0.15, -0.1) is 11.3 Å². The Balaban J connectivity index is 1.91. The van der Waals surface area contributed by atoms with Gasteiger partial charge in [0, 0.05) is 31.0 Å². The lowest BCUT2D eigenvalue weighted by atomic mass is 10.1. The molecule has 0 aliphatic heterocycles. The number of thiazole rings is 1. The van der Waals surface area contributed by atoms with Gasteiger partial charge in [0.15, 0.2) is 0 Å². The van der Waals surface area contributed by atoms with E-state index in [0.29, 0.717) is 0 Å². The number of hydrogen-bond acceptors (Lipinski definition) is 5. The van der Waals surface area contributed by atoms with Crippen LogP contribution >= 0.6 is 11.3 Å². The first kappa shape index (κ1) is 14.0. The predicted molar refractivity (Wildman–Crippen MR) is 82.0 cm³/mol. The Morgan fingerprint density at radius 1 is 1.38 bits per heavy atom. The first-order valence-corrected chi connectivity index (χ1v) is 7.83. The molecule has 2 atom stereocenters.